The number of anilines is 1. The van der Waals surface area contributed by atoms with Gasteiger partial charge in [0, 0.05) is 36.3 Å². The summed E-state index contributed by atoms with van der Waals surface area (Å²) in [4.78, 5) is 17.0. The topological polar surface area (TPSA) is 23.6 Å². The zero-order chi connectivity index (χ0) is 14.8. The third-order valence-corrected chi connectivity index (χ3v) is 4.74. The van der Waals surface area contributed by atoms with E-state index in [9.17, 15) is 4.79 Å². The van der Waals surface area contributed by atoms with Gasteiger partial charge < -0.3 is 0 Å². The Morgan fingerprint density at radius 2 is 2.05 bits per heavy atom. The molecular formula is C18H24N2O. The second-order valence-electron chi connectivity index (χ2n) is 6.14. The molecule has 1 amide bonds. The summed E-state index contributed by atoms with van der Waals surface area (Å²) < 4.78 is 0. The molecule has 2 atom stereocenters. The van der Waals surface area contributed by atoms with E-state index in [4.69, 9.17) is 0 Å². The van der Waals surface area contributed by atoms with E-state index < -0.39 is 0 Å². The van der Waals surface area contributed by atoms with Crippen LogP contribution in [0.2, 0.25) is 0 Å². The van der Waals surface area contributed by atoms with Crippen molar-refractivity contribution in [2.24, 2.45) is 0 Å². The quantitative estimate of drug-likeness (QED) is 0.844. The first kappa shape index (κ1) is 14.3. The van der Waals surface area contributed by atoms with Gasteiger partial charge in [0.2, 0.25) is 5.91 Å². The lowest BCUT2D eigenvalue weighted by Gasteiger charge is -2.35. The number of nitrogens with zero attached hydrogens (tertiary/aromatic N) is 2. The van der Waals surface area contributed by atoms with Crippen LogP contribution in [0.4, 0.5) is 5.69 Å². The van der Waals surface area contributed by atoms with Crippen LogP contribution in [0.3, 0.4) is 0 Å². The van der Waals surface area contributed by atoms with Gasteiger partial charge in [0.05, 0.1) is 0 Å². The maximum absolute atomic E-state index is 12.6. The number of fused-ring (bicyclic) bond motifs is 2. The van der Waals surface area contributed by atoms with Crippen LogP contribution >= 0.6 is 0 Å². The summed E-state index contributed by atoms with van der Waals surface area (Å²) >= 11 is 0. The summed E-state index contributed by atoms with van der Waals surface area (Å²) in [5, 5.41) is 0. The van der Waals surface area contributed by atoms with E-state index >= 15 is 0 Å². The van der Waals surface area contributed by atoms with Gasteiger partial charge in [-0.2, -0.15) is 0 Å². The molecule has 0 aliphatic carbocycles. The first-order chi connectivity index (χ1) is 10.2. The molecule has 0 spiro atoms. The summed E-state index contributed by atoms with van der Waals surface area (Å²) in [7, 11) is 2.20. The monoisotopic (exact) mass is 284 g/mol. The number of carbonyl (C=O) groups excluding carboxylic acids is 1. The average molecular weight is 284 g/mol. The molecule has 1 aromatic carbocycles. The average Bonchev–Trinajstić information content (AvgIpc) is 2.71. The normalized spacial score (nSPS) is 24.8. The summed E-state index contributed by atoms with van der Waals surface area (Å²) in [6.07, 6.45) is 7.25. The van der Waals surface area contributed by atoms with Crippen LogP contribution < -0.4 is 4.90 Å². The molecular weight excluding hydrogens is 260 g/mol. The number of carbonyl (C=O) groups is 1. The largest absolute Gasteiger partial charge is 0.297 e. The predicted molar refractivity (Wildman–Crippen MR) is 86.1 cm³/mol. The smallest absolute Gasteiger partial charge is 0.231 e. The third-order valence-electron chi connectivity index (χ3n) is 4.74. The number of rotatable bonds is 4. The highest BCUT2D eigenvalue weighted by molar-refractivity contribution is 5.96. The number of hydrogen-bond donors (Lipinski definition) is 0. The zero-order valence-corrected chi connectivity index (χ0v) is 13.0. The molecule has 1 saturated heterocycles. The Bertz CT molecular complexity index is 537. The molecule has 2 aliphatic rings. The van der Waals surface area contributed by atoms with E-state index in [-0.39, 0.29) is 5.91 Å². The fourth-order valence-electron chi connectivity index (χ4n) is 3.56. The highest BCUT2D eigenvalue weighted by atomic mass is 16.2. The minimum atomic E-state index is 0.221. The van der Waals surface area contributed by atoms with Crippen LogP contribution in [-0.2, 0) is 4.79 Å². The molecule has 0 radical (unpaired) electrons. The Balaban J connectivity index is 1.93. The van der Waals surface area contributed by atoms with E-state index in [1.54, 1.807) is 0 Å². The lowest BCUT2D eigenvalue weighted by atomic mass is 10.0. The molecule has 3 nitrogen and oxygen atoms in total. The van der Waals surface area contributed by atoms with Crippen molar-refractivity contribution < 1.29 is 4.79 Å². The summed E-state index contributed by atoms with van der Waals surface area (Å²) in [5.41, 5.74) is 2.21. The highest BCUT2D eigenvalue weighted by Gasteiger charge is 2.36. The summed E-state index contributed by atoms with van der Waals surface area (Å²) in [6, 6.07) is 11.2. The number of benzene rings is 1. The molecule has 112 valence electrons. The molecule has 0 saturated carbocycles. The Hall–Kier alpha value is -1.61. The molecule has 3 rings (SSSR count). The van der Waals surface area contributed by atoms with E-state index in [0.29, 0.717) is 18.5 Å². The van der Waals surface area contributed by atoms with Crippen molar-refractivity contribution >= 4 is 11.6 Å². The first-order valence-electron chi connectivity index (χ1n) is 8.01. The van der Waals surface area contributed by atoms with Crippen molar-refractivity contribution in [2.45, 2.75) is 51.1 Å². The molecule has 2 heterocycles. The van der Waals surface area contributed by atoms with Crippen LogP contribution in [0, 0.1) is 0 Å². The molecule has 1 aromatic rings. The Morgan fingerprint density at radius 1 is 1.29 bits per heavy atom. The number of likely N-dealkylation sites (N-methyl/N-ethyl adjacent to an activating group) is 1. The zero-order valence-electron chi connectivity index (χ0n) is 13.0. The van der Waals surface area contributed by atoms with Crippen molar-refractivity contribution in [1.82, 2.24) is 4.90 Å². The Morgan fingerprint density at radius 3 is 2.71 bits per heavy atom. The minimum Gasteiger partial charge on any atom is -0.297 e. The minimum absolute atomic E-state index is 0.221. The predicted octanol–water partition coefficient (Wildman–Crippen LogP) is 3.57. The van der Waals surface area contributed by atoms with Crippen molar-refractivity contribution in [2.75, 3.05) is 11.9 Å². The van der Waals surface area contributed by atoms with Crippen molar-refractivity contribution in [1.29, 1.82) is 0 Å². The highest BCUT2D eigenvalue weighted by Crippen LogP contribution is 2.36. The van der Waals surface area contributed by atoms with Gasteiger partial charge in [0.15, 0.2) is 0 Å². The fraction of sp³-hybridized carbons (Fsp3) is 0.500. The molecule has 0 aromatic heterocycles. The number of amides is 1. The van der Waals surface area contributed by atoms with Gasteiger partial charge in [-0.3, -0.25) is 14.6 Å². The Kier molecular flexibility index (Phi) is 4.11. The maximum atomic E-state index is 12.6. The van der Waals surface area contributed by atoms with Gasteiger partial charge in [-0.25, -0.2) is 0 Å². The second-order valence-corrected chi connectivity index (χ2v) is 6.14. The molecule has 0 N–H and O–H groups in total. The van der Waals surface area contributed by atoms with Gasteiger partial charge in [-0.05, 0) is 44.5 Å². The molecule has 3 heteroatoms. The lowest BCUT2D eigenvalue weighted by molar-refractivity contribution is -0.118. The molecule has 2 aliphatic heterocycles. The SMILES string of the molecule is CCCC(=O)N(C1=C[C@@H]2CC[C@H](C1)N2C)c1ccccc1. The van der Waals surface area contributed by atoms with E-state index in [2.05, 4.69) is 24.9 Å². The second kappa shape index (κ2) is 6.02. The van der Waals surface area contributed by atoms with Gasteiger partial charge >= 0.3 is 0 Å². The van der Waals surface area contributed by atoms with E-state index in [1.165, 1.54) is 18.5 Å². The third kappa shape index (κ3) is 2.75. The van der Waals surface area contributed by atoms with E-state index in [0.717, 1.165) is 18.5 Å². The van der Waals surface area contributed by atoms with Crippen molar-refractivity contribution in [3.63, 3.8) is 0 Å². The molecule has 21 heavy (non-hydrogen) atoms. The van der Waals surface area contributed by atoms with Crippen LogP contribution in [0.25, 0.3) is 0 Å². The van der Waals surface area contributed by atoms with Gasteiger partial charge in [-0.1, -0.05) is 25.1 Å². The molecule has 2 bridgehead atoms. The van der Waals surface area contributed by atoms with Crippen LogP contribution in [0.15, 0.2) is 42.1 Å². The molecule has 0 unspecified atom stereocenters. The van der Waals surface area contributed by atoms with E-state index in [1.807, 2.05) is 35.2 Å². The maximum Gasteiger partial charge on any atom is 0.231 e. The summed E-state index contributed by atoms with van der Waals surface area (Å²) in [6.45, 7) is 2.06. The van der Waals surface area contributed by atoms with Crippen molar-refractivity contribution in [3.8, 4) is 0 Å². The van der Waals surface area contributed by atoms with Crippen LogP contribution in [0.1, 0.15) is 39.0 Å². The van der Waals surface area contributed by atoms with Crippen LogP contribution in [0.5, 0.6) is 0 Å². The number of hydrogen-bond acceptors (Lipinski definition) is 2. The standard InChI is InChI=1S/C18H24N2O/c1-3-7-18(21)20(14-8-5-4-6-9-14)17-12-15-10-11-16(13-17)19(15)2/h4-6,8-9,12,15-16H,3,7,10-11,13H2,1-2H3/t15-,16+/m0/s1. The van der Waals surface area contributed by atoms with Crippen molar-refractivity contribution in [3.05, 3.63) is 42.1 Å². The van der Waals surface area contributed by atoms with Gasteiger partial charge in [0.25, 0.3) is 0 Å². The fourth-order valence-corrected chi connectivity index (χ4v) is 3.56. The van der Waals surface area contributed by atoms with Gasteiger partial charge in [0.1, 0.15) is 0 Å². The Labute approximate surface area is 127 Å². The van der Waals surface area contributed by atoms with Gasteiger partial charge in [-0.15, -0.1) is 0 Å². The lowest BCUT2D eigenvalue weighted by Crippen LogP contribution is -2.40. The van der Waals surface area contributed by atoms with Crippen LogP contribution in [-0.4, -0.2) is 29.9 Å². The number of para-hydroxylation sites is 1. The summed E-state index contributed by atoms with van der Waals surface area (Å²) in [5.74, 6) is 0.221. The molecule has 1 fully saturated rings. The first-order valence-corrected chi connectivity index (χ1v) is 8.01.